The standard InChI is InChI=1S/C17H27N3O3S/c1-4-15-9-5-6-11-20(15)13-17(21)18-14-8-7-10-16(12-14)24(22,23)19(2)3/h7-8,10,12,15H,4-6,9,11,13H2,1-3H3,(H,18,21). The highest BCUT2D eigenvalue weighted by atomic mass is 32.2. The zero-order valence-electron chi connectivity index (χ0n) is 14.7. The van der Waals surface area contributed by atoms with Gasteiger partial charge in [-0.15, -0.1) is 0 Å². The lowest BCUT2D eigenvalue weighted by atomic mass is 10.00. The van der Waals surface area contributed by atoms with Crippen molar-refractivity contribution in [2.75, 3.05) is 32.5 Å². The van der Waals surface area contributed by atoms with E-state index in [0.717, 1.165) is 30.1 Å². The predicted octanol–water partition coefficient (Wildman–Crippen LogP) is 2.14. The van der Waals surface area contributed by atoms with Crippen LogP contribution in [0.5, 0.6) is 0 Å². The van der Waals surface area contributed by atoms with Crippen molar-refractivity contribution in [2.45, 2.75) is 43.5 Å². The summed E-state index contributed by atoms with van der Waals surface area (Å²) in [6.07, 6.45) is 4.53. The number of carbonyl (C=O) groups excluding carboxylic acids is 1. The van der Waals surface area contributed by atoms with E-state index in [1.807, 2.05) is 0 Å². The van der Waals surface area contributed by atoms with Gasteiger partial charge in [0.05, 0.1) is 11.4 Å². The number of nitrogens with zero attached hydrogens (tertiary/aromatic N) is 2. The van der Waals surface area contributed by atoms with Crippen LogP contribution in [0.25, 0.3) is 0 Å². The highest BCUT2D eigenvalue weighted by molar-refractivity contribution is 7.89. The molecule has 0 spiro atoms. The minimum atomic E-state index is -3.50. The Morgan fingerprint density at radius 3 is 2.75 bits per heavy atom. The van der Waals surface area contributed by atoms with Crippen molar-refractivity contribution in [3.05, 3.63) is 24.3 Å². The highest BCUT2D eigenvalue weighted by Gasteiger charge is 2.23. The number of rotatable bonds is 6. The van der Waals surface area contributed by atoms with Crippen molar-refractivity contribution in [2.24, 2.45) is 0 Å². The molecule has 1 aliphatic heterocycles. The minimum absolute atomic E-state index is 0.102. The van der Waals surface area contributed by atoms with E-state index < -0.39 is 10.0 Å². The zero-order chi connectivity index (χ0) is 17.7. The molecule has 1 aromatic carbocycles. The molecule has 1 fully saturated rings. The Kier molecular flexibility index (Phi) is 6.37. The zero-order valence-corrected chi connectivity index (χ0v) is 15.5. The van der Waals surface area contributed by atoms with Gasteiger partial charge in [0.15, 0.2) is 0 Å². The molecule has 7 heteroatoms. The molecule has 0 saturated carbocycles. The van der Waals surface area contributed by atoms with Gasteiger partial charge in [-0.05, 0) is 44.0 Å². The van der Waals surface area contributed by atoms with Gasteiger partial charge in [0, 0.05) is 25.8 Å². The Labute approximate surface area is 144 Å². The summed E-state index contributed by atoms with van der Waals surface area (Å²) in [4.78, 5) is 14.7. The summed E-state index contributed by atoms with van der Waals surface area (Å²) in [5, 5.41) is 2.82. The van der Waals surface area contributed by atoms with Crippen LogP contribution in [0.1, 0.15) is 32.6 Å². The second-order valence-corrected chi connectivity index (χ2v) is 8.54. The van der Waals surface area contributed by atoms with Gasteiger partial charge in [-0.2, -0.15) is 0 Å². The normalized spacial score (nSPS) is 19.4. The van der Waals surface area contributed by atoms with Crippen LogP contribution in [0.3, 0.4) is 0 Å². The molecular formula is C17H27N3O3S. The number of hydrogen-bond acceptors (Lipinski definition) is 4. The first-order valence-corrected chi connectivity index (χ1v) is 9.85. The van der Waals surface area contributed by atoms with Crippen LogP contribution >= 0.6 is 0 Å². The van der Waals surface area contributed by atoms with Crippen molar-refractivity contribution >= 4 is 21.6 Å². The number of nitrogens with one attached hydrogen (secondary N) is 1. The molecule has 1 aromatic rings. The average Bonchev–Trinajstić information content (AvgIpc) is 2.55. The first kappa shape index (κ1) is 18.9. The Morgan fingerprint density at radius 2 is 2.08 bits per heavy atom. The van der Waals surface area contributed by atoms with Crippen molar-refractivity contribution in [3.63, 3.8) is 0 Å². The molecular weight excluding hydrogens is 326 g/mol. The fourth-order valence-electron chi connectivity index (χ4n) is 3.06. The molecule has 1 amide bonds. The lowest BCUT2D eigenvalue weighted by Gasteiger charge is -2.34. The number of anilines is 1. The van der Waals surface area contributed by atoms with Gasteiger partial charge in [-0.25, -0.2) is 12.7 Å². The summed E-state index contributed by atoms with van der Waals surface area (Å²) in [6.45, 7) is 3.45. The molecule has 0 aromatic heterocycles. The number of piperidine rings is 1. The Morgan fingerprint density at radius 1 is 1.33 bits per heavy atom. The van der Waals surface area contributed by atoms with Crippen LogP contribution < -0.4 is 5.32 Å². The van der Waals surface area contributed by atoms with Crippen LogP contribution in [0.2, 0.25) is 0 Å². The number of likely N-dealkylation sites (tertiary alicyclic amines) is 1. The molecule has 1 atom stereocenters. The maximum atomic E-state index is 12.3. The molecule has 0 radical (unpaired) electrons. The van der Waals surface area contributed by atoms with E-state index in [1.54, 1.807) is 12.1 Å². The second-order valence-electron chi connectivity index (χ2n) is 6.39. The van der Waals surface area contributed by atoms with E-state index >= 15 is 0 Å². The fraction of sp³-hybridized carbons (Fsp3) is 0.588. The molecule has 1 saturated heterocycles. The number of carbonyl (C=O) groups is 1. The van der Waals surface area contributed by atoms with Gasteiger partial charge < -0.3 is 5.32 Å². The second kappa shape index (κ2) is 8.09. The van der Waals surface area contributed by atoms with Crippen molar-refractivity contribution in [3.8, 4) is 0 Å². The molecule has 1 unspecified atom stereocenters. The third-order valence-corrected chi connectivity index (χ3v) is 6.27. The van der Waals surface area contributed by atoms with E-state index in [1.165, 1.54) is 32.6 Å². The van der Waals surface area contributed by atoms with Crippen LogP contribution in [0.4, 0.5) is 5.69 Å². The molecule has 1 heterocycles. The van der Waals surface area contributed by atoms with E-state index in [4.69, 9.17) is 0 Å². The smallest absolute Gasteiger partial charge is 0.242 e. The van der Waals surface area contributed by atoms with Crippen LogP contribution in [0.15, 0.2) is 29.2 Å². The Hall–Kier alpha value is -1.44. The lowest BCUT2D eigenvalue weighted by molar-refractivity contribution is -0.118. The summed E-state index contributed by atoms with van der Waals surface area (Å²) < 4.78 is 25.5. The first-order valence-electron chi connectivity index (χ1n) is 8.41. The molecule has 0 aliphatic carbocycles. The maximum absolute atomic E-state index is 12.3. The van der Waals surface area contributed by atoms with Gasteiger partial charge in [0.2, 0.25) is 15.9 Å². The summed E-state index contributed by atoms with van der Waals surface area (Å²) >= 11 is 0. The van der Waals surface area contributed by atoms with Crippen molar-refractivity contribution < 1.29 is 13.2 Å². The average molecular weight is 353 g/mol. The maximum Gasteiger partial charge on any atom is 0.242 e. The van der Waals surface area contributed by atoms with Crippen LogP contribution in [0, 0.1) is 0 Å². The van der Waals surface area contributed by atoms with E-state index in [2.05, 4.69) is 17.1 Å². The van der Waals surface area contributed by atoms with Crippen LogP contribution in [-0.4, -0.2) is 56.8 Å². The molecule has 6 nitrogen and oxygen atoms in total. The summed E-state index contributed by atoms with van der Waals surface area (Å²) in [5.41, 5.74) is 0.507. The number of benzene rings is 1. The lowest BCUT2D eigenvalue weighted by Crippen LogP contribution is -2.43. The monoisotopic (exact) mass is 353 g/mol. The molecule has 1 N–H and O–H groups in total. The van der Waals surface area contributed by atoms with Crippen molar-refractivity contribution in [1.29, 1.82) is 0 Å². The third kappa shape index (κ3) is 4.55. The largest absolute Gasteiger partial charge is 0.325 e. The van der Waals surface area contributed by atoms with Gasteiger partial charge in [-0.1, -0.05) is 19.4 Å². The van der Waals surface area contributed by atoms with E-state index in [0.29, 0.717) is 18.3 Å². The SMILES string of the molecule is CCC1CCCCN1CC(=O)Nc1cccc(S(=O)(=O)N(C)C)c1. The molecule has 2 rings (SSSR count). The number of amides is 1. The molecule has 134 valence electrons. The summed E-state index contributed by atoms with van der Waals surface area (Å²) in [5.74, 6) is -0.102. The fourth-order valence-corrected chi connectivity index (χ4v) is 4.01. The van der Waals surface area contributed by atoms with Gasteiger partial charge in [-0.3, -0.25) is 9.69 Å². The van der Waals surface area contributed by atoms with Gasteiger partial charge in [0.1, 0.15) is 0 Å². The van der Waals surface area contributed by atoms with Crippen LogP contribution in [-0.2, 0) is 14.8 Å². The molecule has 1 aliphatic rings. The van der Waals surface area contributed by atoms with Gasteiger partial charge >= 0.3 is 0 Å². The Bertz CT molecular complexity index is 673. The van der Waals surface area contributed by atoms with E-state index in [9.17, 15) is 13.2 Å². The third-order valence-electron chi connectivity index (χ3n) is 4.46. The first-order chi connectivity index (χ1) is 11.3. The minimum Gasteiger partial charge on any atom is -0.325 e. The topological polar surface area (TPSA) is 69.7 Å². The van der Waals surface area contributed by atoms with Gasteiger partial charge in [0.25, 0.3) is 0 Å². The quantitative estimate of drug-likeness (QED) is 0.851. The van der Waals surface area contributed by atoms with E-state index in [-0.39, 0.29) is 10.8 Å². The highest BCUT2D eigenvalue weighted by Crippen LogP contribution is 2.20. The summed E-state index contributed by atoms with van der Waals surface area (Å²) in [6, 6.07) is 6.84. The predicted molar refractivity (Wildman–Crippen MR) is 95.4 cm³/mol. The molecule has 24 heavy (non-hydrogen) atoms. The number of sulfonamides is 1. The summed E-state index contributed by atoms with van der Waals surface area (Å²) in [7, 11) is -0.528. The van der Waals surface area contributed by atoms with Crippen molar-refractivity contribution in [1.82, 2.24) is 9.21 Å². The number of hydrogen-bond donors (Lipinski definition) is 1. The Balaban J connectivity index is 2.04. The molecule has 0 bridgehead atoms.